The summed E-state index contributed by atoms with van der Waals surface area (Å²) in [4.78, 5) is 32.2. The largest absolute Gasteiger partial charge is 0.444 e. The van der Waals surface area contributed by atoms with Crippen LogP contribution in [0.1, 0.15) is 39.7 Å². The van der Waals surface area contributed by atoms with Gasteiger partial charge in [-0.25, -0.2) is 9.59 Å². The van der Waals surface area contributed by atoms with Gasteiger partial charge in [-0.1, -0.05) is 6.07 Å². The Balaban J connectivity index is 1.54. The average molecular weight is 402 g/mol. The molecule has 0 bridgehead atoms. The second kappa shape index (κ2) is 7.74. The van der Waals surface area contributed by atoms with Crippen molar-refractivity contribution in [1.82, 2.24) is 14.5 Å². The van der Waals surface area contributed by atoms with Gasteiger partial charge in [-0.15, -0.1) is 0 Å². The lowest BCUT2D eigenvalue weighted by molar-refractivity contribution is 0.0189. The van der Waals surface area contributed by atoms with Crippen LogP contribution in [-0.2, 0) is 9.47 Å². The number of carbonyl (C=O) groups excluding carboxylic acids is 1. The van der Waals surface area contributed by atoms with Crippen LogP contribution in [0.5, 0.6) is 0 Å². The van der Waals surface area contributed by atoms with Gasteiger partial charge in [-0.3, -0.25) is 4.57 Å². The SMILES string of the molecule is CC(C)(C)OC(=O)N1CCC(n2c(=O)[nH]c3c(N4CCOCC4)cccc32)CC1. The predicted molar refractivity (Wildman–Crippen MR) is 112 cm³/mol. The maximum atomic E-state index is 12.8. The van der Waals surface area contributed by atoms with Gasteiger partial charge in [-0.2, -0.15) is 0 Å². The lowest BCUT2D eigenvalue weighted by atomic mass is 10.0. The molecule has 1 aromatic heterocycles. The van der Waals surface area contributed by atoms with Crippen molar-refractivity contribution < 1.29 is 14.3 Å². The van der Waals surface area contributed by atoms with Crippen LogP contribution in [-0.4, -0.2) is 65.5 Å². The smallest absolute Gasteiger partial charge is 0.410 e. The molecule has 158 valence electrons. The number of morpholine rings is 1. The van der Waals surface area contributed by atoms with Crippen LogP contribution in [0.3, 0.4) is 0 Å². The molecule has 3 heterocycles. The van der Waals surface area contributed by atoms with E-state index in [0.717, 1.165) is 42.7 Å². The van der Waals surface area contributed by atoms with Gasteiger partial charge < -0.3 is 24.3 Å². The Kier molecular flexibility index (Phi) is 5.29. The summed E-state index contributed by atoms with van der Waals surface area (Å²) < 4.78 is 12.8. The molecule has 8 nitrogen and oxygen atoms in total. The number of rotatable bonds is 2. The Morgan fingerprint density at radius 2 is 1.83 bits per heavy atom. The number of carbonyl (C=O) groups is 1. The van der Waals surface area contributed by atoms with E-state index in [1.54, 1.807) is 4.90 Å². The second-order valence-corrected chi connectivity index (χ2v) is 8.77. The summed E-state index contributed by atoms with van der Waals surface area (Å²) in [6, 6.07) is 6.12. The van der Waals surface area contributed by atoms with Crippen molar-refractivity contribution in [3.05, 3.63) is 28.7 Å². The van der Waals surface area contributed by atoms with Gasteiger partial charge in [0, 0.05) is 32.2 Å². The van der Waals surface area contributed by atoms with Crippen LogP contribution >= 0.6 is 0 Å². The third-order valence-corrected chi connectivity index (χ3v) is 5.56. The molecule has 29 heavy (non-hydrogen) atoms. The number of likely N-dealkylation sites (tertiary alicyclic amines) is 1. The van der Waals surface area contributed by atoms with Crippen LogP contribution in [0.25, 0.3) is 11.0 Å². The van der Waals surface area contributed by atoms with Crippen molar-refractivity contribution in [2.45, 2.75) is 45.3 Å². The molecule has 0 spiro atoms. The van der Waals surface area contributed by atoms with E-state index < -0.39 is 5.60 Å². The van der Waals surface area contributed by atoms with Crippen LogP contribution in [0.4, 0.5) is 10.5 Å². The number of H-pyrrole nitrogens is 1. The second-order valence-electron chi connectivity index (χ2n) is 8.77. The number of fused-ring (bicyclic) bond motifs is 1. The van der Waals surface area contributed by atoms with E-state index in [0.29, 0.717) is 26.3 Å². The van der Waals surface area contributed by atoms with Gasteiger partial charge >= 0.3 is 11.8 Å². The molecule has 8 heteroatoms. The van der Waals surface area contributed by atoms with E-state index in [4.69, 9.17) is 9.47 Å². The van der Waals surface area contributed by atoms with Gasteiger partial charge in [0.05, 0.1) is 29.9 Å². The number of ether oxygens (including phenoxy) is 2. The minimum absolute atomic E-state index is 0.0647. The molecule has 0 saturated carbocycles. The Bertz CT molecular complexity index is 928. The van der Waals surface area contributed by atoms with E-state index >= 15 is 0 Å². The number of nitrogens with zero attached hydrogens (tertiary/aromatic N) is 3. The minimum atomic E-state index is -0.502. The lowest BCUT2D eigenvalue weighted by Gasteiger charge is -2.34. The molecular formula is C21H30N4O4. The molecule has 0 radical (unpaired) electrons. The molecule has 2 aliphatic heterocycles. The zero-order valence-corrected chi connectivity index (χ0v) is 17.4. The summed E-state index contributed by atoms with van der Waals surface area (Å²) in [7, 11) is 0. The van der Waals surface area contributed by atoms with E-state index in [9.17, 15) is 9.59 Å². The van der Waals surface area contributed by atoms with Crippen molar-refractivity contribution >= 4 is 22.8 Å². The highest BCUT2D eigenvalue weighted by Gasteiger charge is 2.29. The highest BCUT2D eigenvalue weighted by molar-refractivity contribution is 5.89. The number of hydrogen-bond donors (Lipinski definition) is 1. The third kappa shape index (κ3) is 4.12. The number of para-hydroxylation sites is 1. The van der Waals surface area contributed by atoms with Crippen molar-refractivity contribution in [3.8, 4) is 0 Å². The highest BCUT2D eigenvalue weighted by Crippen LogP contribution is 2.30. The molecule has 1 N–H and O–H groups in total. The number of benzene rings is 1. The predicted octanol–water partition coefficient (Wildman–Crippen LogP) is 2.74. The molecule has 1 amide bonds. The quantitative estimate of drug-likeness (QED) is 0.836. The number of hydrogen-bond acceptors (Lipinski definition) is 5. The summed E-state index contributed by atoms with van der Waals surface area (Å²) >= 11 is 0. The minimum Gasteiger partial charge on any atom is -0.444 e. The monoisotopic (exact) mass is 402 g/mol. The molecule has 0 atom stereocenters. The number of aromatic nitrogens is 2. The first-order valence-electron chi connectivity index (χ1n) is 10.4. The van der Waals surface area contributed by atoms with Gasteiger partial charge in [-0.05, 0) is 45.7 Å². The van der Waals surface area contributed by atoms with Gasteiger partial charge in [0.15, 0.2) is 0 Å². The molecule has 2 aromatic rings. The van der Waals surface area contributed by atoms with Gasteiger partial charge in [0.1, 0.15) is 5.60 Å². The first kappa shape index (κ1) is 19.8. The molecule has 0 unspecified atom stereocenters. The van der Waals surface area contributed by atoms with E-state index in [-0.39, 0.29) is 17.8 Å². The Morgan fingerprint density at radius 3 is 2.48 bits per heavy atom. The summed E-state index contributed by atoms with van der Waals surface area (Å²) in [6.07, 6.45) is 1.18. The van der Waals surface area contributed by atoms with Crippen LogP contribution in [0.2, 0.25) is 0 Å². The summed E-state index contributed by atoms with van der Waals surface area (Å²) in [5.41, 5.74) is 2.27. The van der Waals surface area contributed by atoms with E-state index in [2.05, 4.69) is 16.0 Å². The Labute approximate surface area is 170 Å². The Hall–Kier alpha value is -2.48. The first-order valence-corrected chi connectivity index (χ1v) is 10.4. The average Bonchev–Trinajstić information content (AvgIpc) is 3.03. The van der Waals surface area contributed by atoms with Gasteiger partial charge in [0.2, 0.25) is 0 Å². The van der Waals surface area contributed by atoms with E-state index in [1.807, 2.05) is 37.5 Å². The van der Waals surface area contributed by atoms with E-state index in [1.165, 1.54) is 0 Å². The molecule has 0 aliphatic carbocycles. The zero-order chi connectivity index (χ0) is 20.6. The zero-order valence-electron chi connectivity index (χ0n) is 17.4. The fraction of sp³-hybridized carbons (Fsp3) is 0.619. The summed E-state index contributed by atoms with van der Waals surface area (Å²) in [5, 5.41) is 0. The topological polar surface area (TPSA) is 79.8 Å². The highest BCUT2D eigenvalue weighted by atomic mass is 16.6. The fourth-order valence-corrected chi connectivity index (χ4v) is 4.20. The number of piperidine rings is 1. The van der Waals surface area contributed by atoms with Crippen LogP contribution in [0.15, 0.2) is 23.0 Å². The number of aromatic amines is 1. The molecule has 1 aromatic carbocycles. The van der Waals surface area contributed by atoms with Crippen molar-refractivity contribution in [1.29, 1.82) is 0 Å². The van der Waals surface area contributed by atoms with Gasteiger partial charge in [0.25, 0.3) is 0 Å². The first-order chi connectivity index (χ1) is 13.8. The number of nitrogens with one attached hydrogen (secondary N) is 1. The third-order valence-electron chi connectivity index (χ3n) is 5.56. The lowest BCUT2D eigenvalue weighted by Crippen LogP contribution is -2.43. The molecule has 4 rings (SSSR count). The standard InChI is InChI=1S/C21H30N4O4/c1-21(2,3)29-20(27)24-9-7-15(8-10-24)25-17-6-4-5-16(18(17)22-19(25)26)23-11-13-28-14-12-23/h4-6,15H,7-14H2,1-3H3,(H,22,26). The summed E-state index contributed by atoms with van der Waals surface area (Å²) in [5.74, 6) is 0. The maximum Gasteiger partial charge on any atom is 0.410 e. The molecule has 2 fully saturated rings. The van der Waals surface area contributed by atoms with Crippen LogP contribution < -0.4 is 10.6 Å². The normalized spacial score (nSPS) is 19.0. The maximum absolute atomic E-state index is 12.8. The number of amides is 1. The molecular weight excluding hydrogens is 372 g/mol. The van der Waals surface area contributed by atoms with Crippen molar-refractivity contribution in [2.24, 2.45) is 0 Å². The van der Waals surface area contributed by atoms with Crippen molar-refractivity contribution in [2.75, 3.05) is 44.3 Å². The number of anilines is 1. The molecule has 2 aliphatic rings. The van der Waals surface area contributed by atoms with Crippen LogP contribution in [0, 0.1) is 0 Å². The Morgan fingerprint density at radius 1 is 1.14 bits per heavy atom. The number of imidazole rings is 1. The summed E-state index contributed by atoms with van der Waals surface area (Å²) in [6.45, 7) is 9.82. The van der Waals surface area contributed by atoms with Crippen molar-refractivity contribution in [3.63, 3.8) is 0 Å². The molecule has 2 saturated heterocycles. The fourth-order valence-electron chi connectivity index (χ4n) is 4.20.